The molecule has 1 aromatic rings. The van der Waals surface area contributed by atoms with Crippen LogP contribution in [0.15, 0.2) is 18.2 Å². The molecule has 0 amide bonds. The molecule has 1 rings (SSSR count). The lowest BCUT2D eigenvalue weighted by Crippen LogP contribution is -2.22. The molecule has 0 atom stereocenters. The van der Waals surface area contributed by atoms with Crippen molar-refractivity contribution in [3.8, 4) is 5.75 Å². The van der Waals surface area contributed by atoms with Crippen molar-refractivity contribution in [2.24, 2.45) is 0 Å². The van der Waals surface area contributed by atoms with Crippen LogP contribution < -0.4 is 5.19 Å². The minimum Gasteiger partial charge on any atom is -0.508 e. The summed E-state index contributed by atoms with van der Waals surface area (Å²) < 4.78 is 0. The summed E-state index contributed by atoms with van der Waals surface area (Å²) in [6.07, 6.45) is 0.760. The standard InChI is InChI=1S/C8H9Cl2OSi/c1-2-6-7(11)4-3-5-8(6)12(9)10/h3-5,11H,2H2,1H3. The lowest BCUT2D eigenvalue weighted by Gasteiger charge is -2.07. The molecule has 1 radical (unpaired) electrons. The number of phenolic OH excluding ortho intramolecular Hbond substituents is 1. The smallest absolute Gasteiger partial charge is 0.307 e. The van der Waals surface area contributed by atoms with E-state index >= 15 is 0 Å². The molecule has 0 heterocycles. The van der Waals surface area contributed by atoms with E-state index in [0.717, 1.165) is 17.2 Å². The molecule has 0 bridgehead atoms. The Bertz CT molecular complexity index is 276. The molecule has 0 aliphatic rings. The molecule has 1 N–H and O–H groups in total. The van der Waals surface area contributed by atoms with Crippen LogP contribution in [-0.2, 0) is 6.42 Å². The Hall–Kier alpha value is -0.183. The number of benzene rings is 1. The fourth-order valence-electron chi connectivity index (χ4n) is 1.12. The third kappa shape index (κ3) is 1.94. The van der Waals surface area contributed by atoms with E-state index in [1.807, 2.05) is 13.0 Å². The number of rotatable bonds is 2. The zero-order valence-corrected chi connectivity index (χ0v) is 9.15. The molecular weight excluding hydrogens is 211 g/mol. The zero-order valence-electron chi connectivity index (χ0n) is 6.64. The normalized spacial score (nSPS) is 10.7. The van der Waals surface area contributed by atoms with Gasteiger partial charge in [0, 0.05) is 0 Å². The molecule has 0 fully saturated rings. The highest BCUT2D eigenvalue weighted by molar-refractivity contribution is 7.39. The molecule has 4 heteroatoms. The fraction of sp³-hybridized carbons (Fsp3) is 0.250. The second-order valence-corrected chi connectivity index (χ2v) is 6.32. The summed E-state index contributed by atoms with van der Waals surface area (Å²) in [6, 6.07) is 5.28. The van der Waals surface area contributed by atoms with Crippen LogP contribution in [0.2, 0.25) is 0 Å². The Morgan fingerprint density at radius 1 is 1.42 bits per heavy atom. The fourth-order valence-corrected chi connectivity index (χ4v) is 2.94. The topological polar surface area (TPSA) is 20.2 Å². The van der Waals surface area contributed by atoms with Crippen molar-refractivity contribution >= 4 is 34.8 Å². The predicted octanol–water partition coefficient (Wildman–Crippen LogP) is 2.13. The molecule has 12 heavy (non-hydrogen) atoms. The van der Waals surface area contributed by atoms with Gasteiger partial charge in [0.15, 0.2) is 0 Å². The van der Waals surface area contributed by atoms with Gasteiger partial charge in [-0.05, 0) is 23.2 Å². The summed E-state index contributed by atoms with van der Waals surface area (Å²) in [6.45, 7) is 1.97. The van der Waals surface area contributed by atoms with Crippen molar-refractivity contribution in [3.63, 3.8) is 0 Å². The summed E-state index contributed by atoms with van der Waals surface area (Å²) in [5.41, 5.74) is 0.872. The van der Waals surface area contributed by atoms with Gasteiger partial charge in [0.2, 0.25) is 0 Å². The van der Waals surface area contributed by atoms with Gasteiger partial charge in [0.25, 0.3) is 0 Å². The Balaban J connectivity index is 3.18. The van der Waals surface area contributed by atoms with Crippen molar-refractivity contribution in [1.29, 1.82) is 0 Å². The lowest BCUT2D eigenvalue weighted by molar-refractivity contribution is 0.469. The van der Waals surface area contributed by atoms with Gasteiger partial charge in [-0.1, -0.05) is 19.1 Å². The quantitative estimate of drug-likeness (QED) is 0.598. The van der Waals surface area contributed by atoms with Gasteiger partial charge >= 0.3 is 7.42 Å². The highest BCUT2D eigenvalue weighted by Crippen LogP contribution is 2.16. The summed E-state index contributed by atoms with van der Waals surface area (Å²) in [5.74, 6) is 0.291. The zero-order chi connectivity index (χ0) is 9.14. The lowest BCUT2D eigenvalue weighted by atomic mass is 10.1. The van der Waals surface area contributed by atoms with Gasteiger partial charge in [-0.2, -0.15) is 0 Å². The molecule has 0 unspecified atom stereocenters. The van der Waals surface area contributed by atoms with Crippen LogP contribution in [0.5, 0.6) is 5.75 Å². The van der Waals surface area contributed by atoms with Gasteiger partial charge in [-0.15, -0.1) is 22.2 Å². The van der Waals surface area contributed by atoms with Gasteiger partial charge in [0.05, 0.1) is 0 Å². The highest BCUT2D eigenvalue weighted by atomic mass is 35.7. The molecule has 1 nitrogen and oxygen atoms in total. The Morgan fingerprint density at radius 2 is 2.08 bits per heavy atom. The van der Waals surface area contributed by atoms with Crippen LogP contribution in [0.25, 0.3) is 0 Å². The Kier molecular flexibility index (Phi) is 3.44. The molecule has 0 aliphatic carbocycles. The van der Waals surface area contributed by atoms with Gasteiger partial charge in [-0.3, -0.25) is 0 Å². The van der Waals surface area contributed by atoms with Crippen LogP contribution in [0.1, 0.15) is 12.5 Å². The number of phenols is 1. The van der Waals surface area contributed by atoms with Crippen LogP contribution in [0.4, 0.5) is 0 Å². The van der Waals surface area contributed by atoms with E-state index < -0.39 is 7.42 Å². The molecule has 0 spiro atoms. The van der Waals surface area contributed by atoms with Gasteiger partial charge in [-0.25, -0.2) is 0 Å². The first kappa shape index (κ1) is 9.90. The van der Waals surface area contributed by atoms with Gasteiger partial charge < -0.3 is 5.11 Å². The highest BCUT2D eigenvalue weighted by Gasteiger charge is 2.13. The van der Waals surface area contributed by atoms with E-state index in [1.165, 1.54) is 0 Å². The molecule has 0 aliphatic heterocycles. The maximum Gasteiger partial charge on any atom is 0.307 e. The summed E-state index contributed by atoms with van der Waals surface area (Å²) in [4.78, 5) is 0. The second kappa shape index (κ2) is 4.17. The molecule has 0 saturated carbocycles. The average molecular weight is 220 g/mol. The Labute approximate surface area is 83.0 Å². The summed E-state index contributed by atoms with van der Waals surface area (Å²) in [7, 11) is -1.49. The van der Waals surface area contributed by atoms with Crippen molar-refractivity contribution in [3.05, 3.63) is 23.8 Å². The van der Waals surface area contributed by atoms with E-state index in [4.69, 9.17) is 22.2 Å². The van der Waals surface area contributed by atoms with Gasteiger partial charge in [0.1, 0.15) is 5.75 Å². The maximum absolute atomic E-state index is 9.44. The van der Waals surface area contributed by atoms with Crippen molar-refractivity contribution in [1.82, 2.24) is 0 Å². The first-order valence-electron chi connectivity index (χ1n) is 3.66. The van der Waals surface area contributed by atoms with Crippen molar-refractivity contribution in [2.45, 2.75) is 13.3 Å². The maximum atomic E-state index is 9.44. The van der Waals surface area contributed by atoms with E-state index in [2.05, 4.69) is 0 Å². The minimum atomic E-state index is -1.49. The second-order valence-electron chi connectivity index (χ2n) is 2.42. The predicted molar refractivity (Wildman–Crippen MR) is 54.6 cm³/mol. The Morgan fingerprint density at radius 3 is 2.50 bits per heavy atom. The first-order chi connectivity index (χ1) is 5.66. The molecule has 0 saturated heterocycles. The van der Waals surface area contributed by atoms with Crippen LogP contribution in [-0.4, -0.2) is 12.5 Å². The first-order valence-corrected chi connectivity index (χ1v) is 7.18. The van der Waals surface area contributed by atoms with Crippen molar-refractivity contribution < 1.29 is 5.11 Å². The summed E-state index contributed by atoms with van der Waals surface area (Å²) in [5, 5.41) is 10.3. The van der Waals surface area contributed by atoms with Crippen LogP contribution in [0, 0.1) is 0 Å². The average Bonchev–Trinajstić information content (AvgIpc) is 2.03. The van der Waals surface area contributed by atoms with E-state index in [1.54, 1.807) is 12.1 Å². The van der Waals surface area contributed by atoms with E-state index in [9.17, 15) is 5.11 Å². The SMILES string of the molecule is CCc1c(O)cccc1[Si](Cl)Cl. The third-order valence-electron chi connectivity index (χ3n) is 1.71. The van der Waals surface area contributed by atoms with Crippen LogP contribution in [0.3, 0.4) is 0 Å². The molecule has 1 aromatic carbocycles. The van der Waals surface area contributed by atoms with E-state index in [-0.39, 0.29) is 0 Å². The molecule has 65 valence electrons. The van der Waals surface area contributed by atoms with E-state index in [0.29, 0.717) is 5.75 Å². The number of aromatic hydroxyl groups is 1. The number of hydrogen-bond donors (Lipinski definition) is 1. The molecule has 0 aromatic heterocycles. The number of halogens is 2. The number of hydrogen-bond acceptors (Lipinski definition) is 1. The molecular formula is C8H9Cl2OSi. The van der Waals surface area contributed by atoms with Crippen LogP contribution >= 0.6 is 22.2 Å². The minimum absolute atomic E-state index is 0.291. The van der Waals surface area contributed by atoms with Crippen molar-refractivity contribution in [2.75, 3.05) is 0 Å². The third-order valence-corrected chi connectivity index (χ3v) is 3.81. The largest absolute Gasteiger partial charge is 0.508 e. The monoisotopic (exact) mass is 219 g/mol. The summed E-state index contributed by atoms with van der Waals surface area (Å²) >= 11 is 11.6.